The lowest BCUT2D eigenvalue weighted by atomic mass is 9.34. The summed E-state index contributed by atoms with van der Waals surface area (Å²) in [6, 6.07) is 0. The molecule has 0 aromatic rings. The molecule has 4 rings (SSSR count). The van der Waals surface area contributed by atoms with E-state index >= 15 is 0 Å². The molecule has 0 heterocycles. The fraction of sp³-hybridized carbons (Fsp3) is 0.906. The summed E-state index contributed by atoms with van der Waals surface area (Å²) in [5.74, 6) is 1.60. The van der Waals surface area contributed by atoms with Crippen molar-refractivity contribution in [3.8, 4) is 0 Å². The van der Waals surface area contributed by atoms with Crippen molar-refractivity contribution in [1.82, 2.24) is 0 Å². The maximum Gasteiger partial charge on any atom is 0.302 e. The smallest absolute Gasteiger partial charge is 0.302 e. The third-order valence-corrected chi connectivity index (χ3v) is 12.9. The zero-order valence-electron chi connectivity index (χ0n) is 25.2. The highest BCUT2D eigenvalue weighted by atomic mass is 16.7. The minimum Gasteiger partial charge on any atom is -0.465 e. The Balaban J connectivity index is 1.72. The van der Waals surface area contributed by atoms with Gasteiger partial charge in [-0.25, -0.2) is 0 Å². The van der Waals surface area contributed by atoms with Gasteiger partial charge in [0.15, 0.2) is 6.29 Å². The molecule has 0 spiro atoms. The molecule has 38 heavy (non-hydrogen) atoms. The first kappa shape index (κ1) is 29.7. The molecule has 216 valence electrons. The topological polar surface area (TPSA) is 78.9 Å². The van der Waals surface area contributed by atoms with Gasteiger partial charge in [0.2, 0.25) is 0 Å². The molecule has 9 atom stereocenters. The predicted octanol–water partition coefficient (Wildman–Crippen LogP) is 6.39. The van der Waals surface area contributed by atoms with Crippen LogP contribution < -0.4 is 0 Å². The summed E-state index contributed by atoms with van der Waals surface area (Å²) < 4.78 is 16.8. The second-order valence-electron chi connectivity index (χ2n) is 14.1. The molecule has 4 aliphatic carbocycles. The minimum atomic E-state index is -0.258. The maximum atomic E-state index is 13.0. The van der Waals surface area contributed by atoms with Crippen molar-refractivity contribution in [2.75, 3.05) is 20.8 Å². The number of hydrogen-bond donors (Lipinski definition) is 0. The fourth-order valence-electron chi connectivity index (χ4n) is 10.8. The largest absolute Gasteiger partial charge is 0.465 e. The first-order chi connectivity index (χ1) is 17.8. The fourth-order valence-corrected chi connectivity index (χ4v) is 10.8. The van der Waals surface area contributed by atoms with Crippen molar-refractivity contribution >= 4 is 17.5 Å². The summed E-state index contributed by atoms with van der Waals surface area (Å²) in [5, 5.41) is 0. The van der Waals surface area contributed by atoms with Gasteiger partial charge in [0, 0.05) is 38.4 Å². The molecule has 6 nitrogen and oxygen atoms in total. The van der Waals surface area contributed by atoms with E-state index in [1.807, 2.05) is 0 Å². The Kier molecular flexibility index (Phi) is 8.30. The average Bonchev–Trinajstić information content (AvgIpc) is 3.24. The summed E-state index contributed by atoms with van der Waals surface area (Å²) in [6.07, 6.45) is 9.53. The molecule has 0 aromatic carbocycles. The van der Waals surface area contributed by atoms with Crippen LogP contribution in [0.25, 0.3) is 0 Å². The molecule has 0 bridgehead atoms. The standard InChI is InChI=1S/C32H52O6/c1-20(33)23-11-16-32(19-38-22(3)35)18-17-30(5)25(28(23)32)9-10-26-29(4,14-13-27(36-7)37-8)24(21(2)34)12-15-31(26,30)6/h23-28H,9-19H2,1-8H3/t23-,24-,25+,26+,28+,29-,30+,31+,32+/m0/s1. The minimum absolute atomic E-state index is 0.0539. The summed E-state index contributed by atoms with van der Waals surface area (Å²) in [5.41, 5.74) is -0.0590. The Morgan fingerprint density at radius 3 is 2.08 bits per heavy atom. The molecule has 0 aromatic heterocycles. The van der Waals surface area contributed by atoms with Crippen LogP contribution in [0.2, 0.25) is 0 Å². The van der Waals surface area contributed by atoms with E-state index in [0.29, 0.717) is 30.0 Å². The highest BCUT2D eigenvalue weighted by Crippen LogP contribution is 2.75. The predicted molar refractivity (Wildman–Crippen MR) is 146 cm³/mol. The van der Waals surface area contributed by atoms with E-state index in [4.69, 9.17) is 14.2 Å². The highest BCUT2D eigenvalue weighted by molar-refractivity contribution is 5.80. The summed E-state index contributed by atoms with van der Waals surface area (Å²) in [6.45, 7) is 12.9. The Morgan fingerprint density at radius 2 is 1.50 bits per heavy atom. The van der Waals surface area contributed by atoms with E-state index in [9.17, 15) is 14.4 Å². The van der Waals surface area contributed by atoms with Crippen molar-refractivity contribution < 1.29 is 28.6 Å². The number of esters is 1. The Labute approximate surface area is 230 Å². The number of hydrogen-bond acceptors (Lipinski definition) is 6. The molecule has 0 N–H and O–H groups in total. The third-order valence-electron chi connectivity index (χ3n) is 12.9. The van der Waals surface area contributed by atoms with Gasteiger partial charge in [-0.05, 0) is 112 Å². The van der Waals surface area contributed by atoms with Crippen LogP contribution in [0.4, 0.5) is 0 Å². The molecule has 0 radical (unpaired) electrons. The molecule has 4 saturated carbocycles. The number of ether oxygens (including phenoxy) is 3. The van der Waals surface area contributed by atoms with Gasteiger partial charge in [0.05, 0.1) is 6.61 Å². The third kappa shape index (κ3) is 4.50. The van der Waals surface area contributed by atoms with Crippen LogP contribution in [-0.4, -0.2) is 44.7 Å². The lowest BCUT2D eigenvalue weighted by molar-refractivity contribution is -0.226. The second-order valence-corrected chi connectivity index (χ2v) is 14.1. The Bertz CT molecular complexity index is 927. The molecule has 0 saturated heterocycles. The van der Waals surface area contributed by atoms with Crippen LogP contribution in [-0.2, 0) is 28.6 Å². The molecule has 4 aliphatic rings. The van der Waals surface area contributed by atoms with E-state index in [2.05, 4.69) is 20.8 Å². The normalized spacial score (nSPS) is 44.2. The molecule has 0 unspecified atom stereocenters. The number of methoxy groups -OCH3 is 2. The lowest BCUT2D eigenvalue weighted by Crippen LogP contribution is -2.65. The SMILES string of the molecule is COC(CC[C@]1(C)[C@H]2CC[C@@H]3[C@H]4[C@H](C(C)=O)CC[C@]4(COC(C)=O)CC[C@@]3(C)[C@]2(C)CC[C@H]1C(C)=O)OC. The van der Waals surface area contributed by atoms with Crippen LogP contribution in [0.1, 0.15) is 106 Å². The zero-order chi connectivity index (χ0) is 28.1. The number of carbonyl (C=O) groups is 3. The van der Waals surface area contributed by atoms with Crippen LogP contribution >= 0.6 is 0 Å². The average molecular weight is 533 g/mol. The number of Topliss-reactive ketones (excluding diaryl/α,β-unsaturated/α-hetero) is 2. The van der Waals surface area contributed by atoms with Gasteiger partial charge in [0.25, 0.3) is 0 Å². The summed E-state index contributed by atoms with van der Waals surface area (Å²) >= 11 is 0. The molecule has 4 fully saturated rings. The number of rotatable bonds is 9. The van der Waals surface area contributed by atoms with Gasteiger partial charge in [-0.1, -0.05) is 20.8 Å². The van der Waals surface area contributed by atoms with Gasteiger partial charge >= 0.3 is 5.97 Å². The van der Waals surface area contributed by atoms with Crippen LogP contribution in [0.5, 0.6) is 0 Å². The van der Waals surface area contributed by atoms with E-state index in [1.54, 1.807) is 28.1 Å². The van der Waals surface area contributed by atoms with Crippen molar-refractivity contribution in [2.45, 2.75) is 112 Å². The molecule has 0 aliphatic heterocycles. The van der Waals surface area contributed by atoms with Gasteiger partial charge in [0.1, 0.15) is 11.6 Å². The number of carbonyl (C=O) groups excluding carboxylic acids is 3. The van der Waals surface area contributed by atoms with Crippen molar-refractivity contribution in [3.05, 3.63) is 0 Å². The first-order valence-electron chi connectivity index (χ1n) is 15.0. The van der Waals surface area contributed by atoms with Gasteiger partial charge < -0.3 is 14.2 Å². The maximum absolute atomic E-state index is 13.0. The van der Waals surface area contributed by atoms with Crippen LogP contribution in [0, 0.1) is 51.2 Å². The molecular formula is C32H52O6. The first-order valence-corrected chi connectivity index (χ1v) is 15.0. The lowest BCUT2D eigenvalue weighted by Gasteiger charge is -2.70. The second kappa shape index (κ2) is 10.6. The van der Waals surface area contributed by atoms with E-state index in [0.717, 1.165) is 64.2 Å². The molecular weight excluding hydrogens is 480 g/mol. The van der Waals surface area contributed by atoms with Crippen LogP contribution in [0.15, 0.2) is 0 Å². The number of fused-ring (bicyclic) bond motifs is 5. The molecule has 6 heteroatoms. The monoisotopic (exact) mass is 532 g/mol. The number of ketones is 2. The quantitative estimate of drug-likeness (QED) is 0.253. The van der Waals surface area contributed by atoms with Gasteiger partial charge in [-0.3, -0.25) is 14.4 Å². The summed E-state index contributed by atoms with van der Waals surface area (Å²) in [7, 11) is 3.38. The molecule has 0 amide bonds. The van der Waals surface area contributed by atoms with Gasteiger partial charge in [-0.15, -0.1) is 0 Å². The van der Waals surface area contributed by atoms with Crippen molar-refractivity contribution in [1.29, 1.82) is 0 Å². The van der Waals surface area contributed by atoms with E-state index in [1.165, 1.54) is 6.92 Å². The van der Waals surface area contributed by atoms with Crippen molar-refractivity contribution in [2.24, 2.45) is 51.2 Å². The van der Waals surface area contributed by atoms with Crippen LogP contribution in [0.3, 0.4) is 0 Å². The van der Waals surface area contributed by atoms with E-state index in [-0.39, 0.29) is 51.7 Å². The summed E-state index contributed by atoms with van der Waals surface area (Å²) in [4.78, 5) is 37.9. The Hall–Kier alpha value is -1.27. The van der Waals surface area contributed by atoms with Gasteiger partial charge in [-0.2, -0.15) is 0 Å². The Morgan fingerprint density at radius 1 is 0.816 bits per heavy atom. The van der Waals surface area contributed by atoms with Crippen molar-refractivity contribution in [3.63, 3.8) is 0 Å². The highest BCUT2D eigenvalue weighted by Gasteiger charge is 2.70. The van der Waals surface area contributed by atoms with E-state index < -0.39 is 0 Å². The zero-order valence-corrected chi connectivity index (χ0v) is 25.2.